The number of aromatic nitrogens is 1. The number of pyridine rings is 1. The molecule has 4 heteroatoms. The molecule has 0 saturated carbocycles. The highest BCUT2D eigenvalue weighted by Crippen LogP contribution is 2.10. The summed E-state index contributed by atoms with van der Waals surface area (Å²) < 4.78 is 13.2. The molecule has 2 rings (SSSR count). The van der Waals surface area contributed by atoms with Crippen LogP contribution in [0.1, 0.15) is 22.3 Å². The average molecular weight is 252 g/mol. The van der Waals surface area contributed by atoms with E-state index in [1.165, 1.54) is 24.4 Å². The van der Waals surface area contributed by atoms with Crippen LogP contribution in [-0.4, -0.2) is 10.1 Å². The quantitative estimate of drug-likeness (QED) is 0.789. The van der Waals surface area contributed by atoms with Gasteiger partial charge in [0.1, 0.15) is 11.9 Å². The van der Waals surface area contributed by atoms with Crippen LogP contribution in [0.2, 0.25) is 0 Å². The second kappa shape index (κ2) is 5.77. The molecule has 0 aliphatic carbocycles. The minimum atomic E-state index is -0.457. The Balaban J connectivity index is 2.31. The van der Waals surface area contributed by atoms with Gasteiger partial charge in [0.2, 0.25) is 0 Å². The van der Waals surface area contributed by atoms with E-state index < -0.39 is 5.82 Å². The van der Waals surface area contributed by atoms with Crippen LogP contribution in [0.25, 0.3) is 0 Å². The first-order valence-electron chi connectivity index (χ1n) is 5.49. The summed E-state index contributed by atoms with van der Waals surface area (Å²) in [4.78, 5) is 3.89. The van der Waals surface area contributed by atoms with Gasteiger partial charge < -0.3 is 5.11 Å². The van der Waals surface area contributed by atoms with Gasteiger partial charge in [-0.15, -0.1) is 0 Å². The van der Waals surface area contributed by atoms with Crippen molar-refractivity contribution < 1.29 is 9.50 Å². The zero-order chi connectivity index (χ0) is 13.7. The van der Waals surface area contributed by atoms with Crippen LogP contribution >= 0.6 is 0 Å². The Morgan fingerprint density at radius 3 is 2.58 bits per heavy atom. The molecule has 0 unspecified atom stereocenters. The summed E-state index contributed by atoms with van der Waals surface area (Å²) >= 11 is 0. The lowest BCUT2D eigenvalue weighted by Crippen LogP contribution is -1.90. The Kier molecular flexibility index (Phi) is 3.87. The molecule has 19 heavy (non-hydrogen) atoms. The average Bonchev–Trinajstić information content (AvgIpc) is 2.46. The van der Waals surface area contributed by atoms with Crippen molar-refractivity contribution in [1.82, 2.24) is 4.98 Å². The van der Waals surface area contributed by atoms with Crippen LogP contribution in [-0.2, 0) is 6.61 Å². The van der Waals surface area contributed by atoms with Crippen LogP contribution < -0.4 is 0 Å². The normalized spacial score (nSPS) is 9.32. The highest BCUT2D eigenvalue weighted by Gasteiger charge is 2.00. The van der Waals surface area contributed by atoms with E-state index in [0.717, 1.165) is 0 Å². The van der Waals surface area contributed by atoms with E-state index in [2.05, 4.69) is 16.8 Å². The molecule has 1 aromatic carbocycles. The molecule has 0 aliphatic heterocycles. The van der Waals surface area contributed by atoms with Gasteiger partial charge in [0.05, 0.1) is 12.2 Å². The third-order valence-corrected chi connectivity index (χ3v) is 2.43. The van der Waals surface area contributed by atoms with Gasteiger partial charge in [-0.05, 0) is 24.3 Å². The fourth-order valence-electron chi connectivity index (χ4n) is 1.49. The SMILES string of the molecule is N#Cc1cncc(C#Cc2ccc(F)c(CO)c2)c1. The van der Waals surface area contributed by atoms with Crippen molar-refractivity contribution in [2.24, 2.45) is 0 Å². The molecule has 3 nitrogen and oxygen atoms in total. The topological polar surface area (TPSA) is 56.9 Å². The number of benzene rings is 1. The largest absolute Gasteiger partial charge is 0.392 e. The summed E-state index contributed by atoms with van der Waals surface area (Å²) in [5.74, 6) is 5.22. The molecule has 0 spiro atoms. The molecule has 1 heterocycles. The Labute approximate surface area is 110 Å². The van der Waals surface area contributed by atoms with Crippen LogP contribution in [0, 0.1) is 29.0 Å². The van der Waals surface area contributed by atoms with E-state index in [1.54, 1.807) is 12.3 Å². The Morgan fingerprint density at radius 1 is 1.11 bits per heavy atom. The van der Waals surface area contributed by atoms with E-state index in [1.807, 2.05) is 6.07 Å². The molecule has 0 radical (unpaired) electrons. The molecule has 0 amide bonds. The van der Waals surface area contributed by atoms with Crippen molar-refractivity contribution in [3.05, 3.63) is 64.7 Å². The first kappa shape index (κ1) is 12.8. The first-order valence-corrected chi connectivity index (χ1v) is 5.49. The van der Waals surface area contributed by atoms with Gasteiger partial charge in [0, 0.05) is 29.1 Å². The molecule has 0 atom stereocenters. The Morgan fingerprint density at radius 2 is 1.84 bits per heavy atom. The van der Waals surface area contributed by atoms with Gasteiger partial charge in [-0.25, -0.2) is 4.39 Å². The number of aliphatic hydroxyl groups excluding tert-OH is 1. The third kappa shape index (κ3) is 3.16. The zero-order valence-corrected chi connectivity index (χ0v) is 9.89. The van der Waals surface area contributed by atoms with E-state index in [9.17, 15) is 4.39 Å². The van der Waals surface area contributed by atoms with Crippen molar-refractivity contribution in [1.29, 1.82) is 5.26 Å². The predicted octanol–water partition coefficient (Wildman–Crippen LogP) is 1.98. The van der Waals surface area contributed by atoms with E-state index in [0.29, 0.717) is 16.7 Å². The summed E-state index contributed by atoms with van der Waals surface area (Å²) in [6.45, 7) is -0.368. The minimum absolute atomic E-state index is 0.204. The molecule has 0 saturated heterocycles. The monoisotopic (exact) mass is 252 g/mol. The number of rotatable bonds is 1. The van der Waals surface area contributed by atoms with Gasteiger partial charge in [0.25, 0.3) is 0 Å². The second-order valence-electron chi connectivity index (χ2n) is 3.79. The number of aliphatic hydroxyl groups is 1. The summed E-state index contributed by atoms with van der Waals surface area (Å²) in [5, 5.41) is 17.7. The summed E-state index contributed by atoms with van der Waals surface area (Å²) in [5.41, 5.74) is 1.83. The zero-order valence-electron chi connectivity index (χ0n) is 9.89. The molecular formula is C15H9FN2O. The smallest absolute Gasteiger partial charge is 0.128 e. The number of halogens is 1. The fourth-order valence-corrected chi connectivity index (χ4v) is 1.49. The lowest BCUT2D eigenvalue weighted by Gasteiger charge is -1.98. The molecule has 1 N–H and O–H groups in total. The van der Waals surface area contributed by atoms with E-state index >= 15 is 0 Å². The number of nitriles is 1. The third-order valence-electron chi connectivity index (χ3n) is 2.43. The summed E-state index contributed by atoms with van der Waals surface area (Å²) in [6.07, 6.45) is 3.00. The van der Waals surface area contributed by atoms with E-state index in [-0.39, 0.29) is 12.2 Å². The van der Waals surface area contributed by atoms with Crippen LogP contribution in [0.5, 0.6) is 0 Å². The maximum atomic E-state index is 13.2. The molecular weight excluding hydrogens is 243 g/mol. The number of hydrogen-bond acceptors (Lipinski definition) is 3. The van der Waals surface area contributed by atoms with Crippen molar-refractivity contribution in [2.45, 2.75) is 6.61 Å². The van der Waals surface area contributed by atoms with Crippen molar-refractivity contribution in [3.63, 3.8) is 0 Å². The lowest BCUT2D eigenvalue weighted by molar-refractivity contribution is 0.275. The van der Waals surface area contributed by atoms with Gasteiger partial charge in [0.15, 0.2) is 0 Å². The molecule has 0 bridgehead atoms. The van der Waals surface area contributed by atoms with E-state index in [4.69, 9.17) is 10.4 Å². The predicted molar refractivity (Wildman–Crippen MR) is 67.3 cm³/mol. The van der Waals surface area contributed by atoms with Gasteiger partial charge >= 0.3 is 0 Å². The maximum Gasteiger partial charge on any atom is 0.128 e. The van der Waals surface area contributed by atoms with Crippen LogP contribution in [0.4, 0.5) is 4.39 Å². The molecule has 1 aromatic heterocycles. The van der Waals surface area contributed by atoms with Crippen LogP contribution in [0.3, 0.4) is 0 Å². The summed E-state index contributed by atoms with van der Waals surface area (Å²) in [7, 11) is 0. The van der Waals surface area contributed by atoms with Crippen molar-refractivity contribution in [3.8, 4) is 17.9 Å². The highest BCUT2D eigenvalue weighted by atomic mass is 19.1. The second-order valence-corrected chi connectivity index (χ2v) is 3.79. The van der Waals surface area contributed by atoms with Gasteiger partial charge in [-0.1, -0.05) is 11.8 Å². The van der Waals surface area contributed by atoms with Gasteiger partial charge in [-0.2, -0.15) is 5.26 Å². The fraction of sp³-hybridized carbons (Fsp3) is 0.0667. The first-order chi connectivity index (χ1) is 9.22. The standard InChI is InChI=1S/C15H9FN2O/c16-15-4-3-11(6-14(15)10-19)1-2-12-5-13(7-17)9-18-8-12/h3-6,8-9,19H,10H2. The minimum Gasteiger partial charge on any atom is -0.392 e. The molecule has 0 fully saturated rings. The molecule has 0 aliphatic rings. The Bertz CT molecular complexity index is 708. The molecule has 92 valence electrons. The highest BCUT2D eigenvalue weighted by molar-refractivity contribution is 5.45. The molecule has 2 aromatic rings. The number of hydrogen-bond donors (Lipinski definition) is 1. The Hall–Kier alpha value is -2.69. The lowest BCUT2D eigenvalue weighted by atomic mass is 10.1. The summed E-state index contributed by atoms with van der Waals surface area (Å²) in [6, 6.07) is 7.88. The van der Waals surface area contributed by atoms with Crippen molar-refractivity contribution >= 4 is 0 Å². The van der Waals surface area contributed by atoms with Crippen LogP contribution in [0.15, 0.2) is 36.7 Å². The maximum absolute atomic E-state index is 13.2. The van der Waals surface area contributed by atoms with Gasteiger partial charge in [-0.3, -0.25) is 4.98 Å². The number of nitrogens with zero attached hydrogens (tertiary/aromatic N) is 2. The van der Waals surface area contributed by atoms with Crippen molar-refractivity contribution in [2.75, 3.05) is 0 Å².